The third-order valence-corrected chi connectivity index (χ3v) is 3.21. The third kappa shape index (κ3) is 4.11. The first-order valence-corrected chi connectivity index (χ1v) is 5.99. The zero-order chi connectivity index (χ0) is 10.2. The van der Waals surface area contributed by atoms with E-state index in [0.29, 0.717) is 0 Å². The van der Waals surface area contributed by atoms with Gasteiger partial charge >= 0.3 is 0 Å². The lowest BCUT2D eigenvalue weighted by molar-refractivity contribution is 0.364. The van der Waals surface area contributed by atoms with E-state index in [0.717, 1.165) is 25.4 Å². The molecule has 0 aromatic rings. The van der Waals surface area contributed by atoms with Gasteiger partial charge in [-0.2, -0.15) is 5.26 Å². The Kier molecular flexibility index (Phi) is 5.63. The molecule has 0 heterocycles. The van der Waals surface area contributed by atoms with Crippen LogP contribution in [0, 0.1) is 17.2 Å². The van der Waals surface area contributed by atoms with Crippen molar-refractivity contribution >= 4 is 0 Å². The molecule has 80 valence electrons. The first-order valence-electron chi connectivity index (χ1n) is 5.99. The van der Waals surface area contributed by atoms with Crippen LogP contribution in [0.15, 0.2) is 0 Å². The molecule has 0 aromatic heterocycles. The van der Waals surface area contributed by atoms with Crippen molar-refractivity contribution in [3.63, 3.8) is 0 Å². The van der Waals surface area contributed by atoms with Gasteiger partial charge in [0.05, 0.1) is 6.07 Å². The normalized spacial score (nSPS) is 20.3. The lowest BCUT2D eigenvalue weighted by Crippen LogP contribution is -2.32. The molecule has 0 aliphatic heterocycles. The summed E-state index contributed by atoms with van der Waals surface area (Å²) in [5.41, 5.74) is 0. The molecule has 0 radical (unpaired) electrons. The van der Waals surface area contributed by atoms with Gasteiger partial charge < -0.3 is 5.32 Å². The molecule has 1 fully saturated rings. The van der Waals surface area contributed by atoms with E-state index in [1.54, 1.807) is 0 Å². The highest BCUT2D eigenvalue weighted by Gasteiger charge is 2.12. The summed E-state index contributed by atoms with van der Waals surface area (Å²) in [6.07, 6.45) is 8.85. The molecule has 1 atom stereocenters. The van der Waals surface area contributed by atoms with Crippen LogP contribution in [0.2, 0.25) is 0 Å². The molecule has 0 bridgehead atoms. The molecule has 2 heteroatoms. The summed E-state index contributed by atoms with van der Waals surface area (Å²) in [7, 11) is 0. The van der Waals surface area contributed by atoms with Gasteiger partial charge in [-0.1, -0.05) is 26.2 Å². The van der Waals surface area contributed by atoms with Gasteiger partial charge in [0.15, 0.2) is 0 Å². The Morgan fingerprint density at radius 1 is 1.36 bits per heavy atom. The molecule has 0 aromatic carbocycles. The minimum Gasteiger partial charge on any atom is -0.314 e. The topological polar surface area (TPSA) is 35.8 Å². The van der Waals surface area contributed by atoms with Crippen molar-refractivity contribution in [1.29, 1.82) is 5.26 Å². The molecular formula is C12H22N2. The first-order chi connectivity index (χ1) is 6.86. The fraction of sp³-hybridized carbons (Fsp3) is 0.917. The van der Waals surface area contributed by atoms with Gasteiger partial charge in [0.1, 0.15) is 0 Å². The van der Waals surface area contributed by atoms with Crippen molar-refractivity contribution < 1.29 is 0 Å². The maximum absolute atomic E-state index is 8.79. The fourth-order valence-corrected chi connectivity index (χ4v) is 2.13. The third-order valence-electron chi connectivity index (χ3n) is 3.21. The van der Waals surface area contributed by atoms with Gasteiger partial charge in [0.25, 0.3) is 0 Å². The van der Waals surface area contributed by atoms with Gasteiger partial charge in [-0.05, 0) is 32.2 Å². The quantitative estimate of drug-likeness (QED) is 0.730. The summed E-state index contributed by atoms with van der Waals surface area (Å²) in [5.74, 6) is 0.256. The van der Waals surface area contributed by atoms with E-state index in [1.807, 2.05) is 0 Å². The minimum atomic E-state index is 0.256. The van der Waals surface area contributed by atoms with Crippen LogP contribution in [-0.4, -0.2) is 12.6 Å². The number of hydrogen-bond acceptors (Lipinski definition) is 2. The Morgan fingerprint density at radius 2 is 2.07 bits per heavy atom. The van der Waals surface area contributed by atoms with Crippen LogP contribution in [0.5, 0.6) is 0 Å². The van der Waals surface area contributed by atoms with Crippen LogP contribution in [0.3, 0.4) is 0 Å². The van der Waals surface area contributed by atoms with Crippen LogP contribution in [0.25, 0.3) is 0 Å². The Hall–Kier alpha value is -0.550. The lowest BCUT2D eigenvalue weighted by Gasteiger charge is -2.23. The Labute approximate surface area is 87.7 Å². The molecule has 1 aliphatic rings. The standard InChI is InChI=1S/C12H22N2/c1-2-11(10-13)8-9-14-12-6-4-3-5-7-12/h11-12,14H,2-9H2,1H3. The van der Waals surface area contributed by atoms with Gasteiger partial charge in [0, 0.05) is 12.0 Å². The van der Waals surface area contributed by atoms with Crippen molar-refractivity contribution in [2.24, 2.45) is 5.92 Å². The summed E-state index contributed by atoms with van der Waals surface area (Å²) in [4.78, 5) is 0. The molecular weight excluding hydrogens is 172 g/mol. The van der Waals surface area contributed by atoms with Crippen molar-refractivity contribution in [2.45, 2.75) is 57.9 Å². The second-order valence-electron chi connectivity index (χ2n) is 4.31. The summed E-state index contributed by atoms with van der Waals surface area (Å²) >= 11 is 0. The van der Waals surface area contributed by atoms with Gasteiger partial charge in [-0.15, -0.1) is 0 Å². The van der Waals surface area contributed by atoms with E-state index < -0.39 is 0 Å². The maximum Gasteiger partial charge on any atom is 0.0656 e. The van der Waals surface area contributed by atoms with Gasteiger partial charge in [-0.3, -0.25) is 0 Å². The van der Waals surface area contributed by atoms with Gasteiger partial charge in [-0.25, -0.2) is 0 Å². The van der Waals surface area contributed by atoms with E-state index in [9.17, 15) is 0 Å². The molecule has 1 saturated carbocycles. The van der Waals surface area contributed by atoms with Crippen LogP contribution >= 0.6 is 0 Å². The van der Waals surface area contributed by atoms with Crippen LogP contribution in [0.4, 0.5) is 0 Å². The van der Waals surface area contributed by atoms with Crippen molar-refractivity contribution in [3.8, 4) is 6.07 Å². The molecule has 1 unspecified atom stereocenters. The van der Waals surface area contributed by atoms with Crippen LogP contribution < -0.4 is 5.32 Å². The highest BCUT2D eigenvalue weighted by molar-refractivity contribution is 4.82. The van der Waals surface area contributed by atoms with Crippen LogP contribution in [-0.2, 0) is 0 Å². The molecule has 1 aliphatic carbocycles. The Balaban J connectivity index is 2.05. The SMILES string of the molecule is CCC(C#N)CCNC1CCCCC1. The van der Waals surface area contributed by atoms with Crippen molar-refractivity contribution in [3.05, 3.63) is 0 Å². The fourth-order valence-electron chi connectivity index (χ4n) is 2.13. The van der Waals surface area contributed by atoms with E-state index >= 15 is 0 Å². The molecule has 1 N–H and O–H groups in total. The van der Waals surface area contributed by atoms with E-state index in [4.69, 9.17) is 5.26 Å². The highest BCUT2D eigenvalue weighted by atomic mass is 14.9. The van der Waals surface area contributed by atoms with Crippen LogP contribution in [0.1, 0.15) is 51.9 Å². The van der Waals surface area contributed by atoms with Crippen molar-refractivity contribution in [2.75, 3.05) is 6.54 Å². The predicted molar refractivity (Wildman–Crippen MR) is 58.9 cm³/mol. The Morgan fingerprint density at radius 3 is 2.64 bits per heavy atom. The number of rotatable bonds is 5. The number of nitrogens with one attached hydrogen (secondary N) is 1. The van der Waals surface area contributed by atoms with E-state index in [1.165, 1.54) is 32.1 Å². The largest absolute Gasteiger partial charge is 0.314 e. The lowest BCUT2D eigenvalue weighted by atomic mass is 9.95. The average molecular weight is 194 g/mol. The molecule has 2 nitrogen and oxygen atoms in total. The maximum atomic E-state index is 8.79. The summed E-state index contributed by atoms with van der Waals surface area (Å²) < 4.78 is 0. The number of nitrogens with zero attached hydrogens (tertiary/aromatic N) is 1. The molecule has 1 rings (SSSR count). The van der Waals surface area contributed by atoms with Crippen molar-refractivity contribution in [1.82, 2.24) is 5.32 Å². The predicted octanol–water partition coefficient (Wildman–Crippen LogP) is 2.85. The minimum absolute atomic E-state index is 0.256. The zero-order valence-electron chi connectivity index (χ0n) is 9.26. The summed E-state index contributed by atoms with van der Waals surface area (Å²) in [6.45, 7) is 3.12. The average Bonchev–Trinajstić information content (AvgIpc) is 2.26. The van der Waals surface area contributed by atoms with E-state index in [-0.39, 0.29) is 5.92 Å². The zero-order valence-corrected chi connectivity index (χ0v) is 9.26. The van der Waals surface area contributed by atoms with Gasteiger partial charge in [0.2, 0.25) is 0 Å². The molecule has 0 spiro atoms. The number of hydrogen-bond donors (Lipinski definition) is 1. The molecule has 0 amide bonds. The summed E-state index contributed by atoms with van der Waals surface area (Å²) in [5, 5.41) is 12.4. The monoisotopic (exact) mass is 194 g/mol. The second-order valence-corrected chi connectivity index (χ2v) is 4.31. The second kappa shape index (κ2) is 6.84. The number of nitriles is 1. The Bertz CT molecular complexity index is 177. The molecule has 0 saturated heterocycles. The van der Waals surface area contributed by atoms with E-state index in [2.05, 4.69) is 18.3 Å². The smallest absolute Gasteiger partial charge is 0.0656 e. The molecule has 14 heavy (non-hydrogen) atoms. The highest BCUT2D eigenvalue weighted by Crippen LogP contribution is 2.17. The first kappa shape index (κ1) is 11.5. The summed E-state index contributed by atoms with van der Waals surface area (Å²) in [6, 6.07) is 3.09.